The molecule has 3 heterocycles. The second kappa shape index (κ2) is 5.13. The van der Waals surface area contributed by atoms with Crippen molar-refractivity contribution >= 4 is 38.9 Å². The quantitative estimate of drug-likeness (QED) is 0.742. The van der Waals surface area contributed by atoms with Gasteiger partial charge in [0.1, 0.15) is 5.52 Å². The van der Waals surface area contributed by atoms with E-state index in [0.717, 1.165) is 9.99 Å². The van der Waals surface area contributed by atoms with Gasteiger partial charge in [0.2, 0.25) is 5.82 Å². The maximum atomic E-state index is 10.8. The molecule has 0 aliphatic rings. The average Bonchev–Trinajstić information content (AvgIpc) is 3.02. The number of carboxylic acid groups (broad SMARTS) is 1. The number of anilines is 1. The van der Waals surface area contributed by atoms with E-state index in [1.54, 1.807) is 12.4 Å². The normalized spacial score (nSPS) is 11.0. The van der Waals surface area contributed by atoms with Crippen molar-refractivity contribution in [3.63, 3.8) is 0 Å². The van der Waals surface area contributed by atoms with Crippen molar-refractivity contribution in [3.05, 3.63) is 16.9 Å². The number of rotatable bonds is 3. The van der Waals surface area contributed by atoms with Crippen molar-refractivity contribution in [1.29, 1.82) is 0 Å². The predicted molar refractivity (Wildman–Crippen MR) is 75.8 cm³/mol. The van der Waals surface area contributed by atoms with E-state index in [9.17, 15) is 4.79 Å². The lowest BCUT2D eigenvalue weighted by molar-refractivity contribution is 0.209. The van der Waals surface area contributed by atoms with E-state index in [1.807, 2.05) is 11.5 Å². The molecule has 9 nitrogen and oxygen atoms in total. The minimum absolute atomic E-state index is 0.00316. The van der Waals surface area contributed by atoms with Crippen molar-refractivity contribution in [3.8, 4) is 11.5 Å². The third-order valence-corrected chi connectivity index (χ3v) is 3.43. The molecule has 3 aromatic rings. The minimum atomic E-state index is -1.26. The number of fused-ring (bicyclic) bond motifs is 1. The molecule has 108 valence electrons. The molecule has 21 heavy (non-hydrogen) atoms. The van der Waals surface area contributed by atoms with Gasteiger partial charge in [-0.15, -0.1) is 0 Å². The van der Waals surface area contributed by atoms with Crippen molar-refractivity contribution in [2.75, 3.05) is 5.32 Å². The molecule has 0 aliphatic heterocycles. The van der Waals surface area contributed by atoms with Crippen LogP contribution in [0.3, 0.4) is 0 Å². The first-order valence-electron chi connectivity index (χ1n) is 5.94. The van der Waals surface area contributed by atoms with Crippen molar-refractivity contribution in [2.45, 2.75) is 13.5 Å². The molecule has 0 bridgehead atoms. The number of hydrogen-bond acceptors (Lipinski definition) is 6. The Morgan fingerprint density at radius 3 is 3.00 bits per heavy atom. The van der Waals surface area contributed by atoms with Crippen LogP contribution < -0.4 is 5.32 Å². The Hall–Kier alpha value is -2.49. The largest absolute Gasteiger partial charge is 0.465 e. The monoisotopic (exact) mass is 352 g/mol. The first-order chi connectivity index (χ1) is 10.1. The molecule has 3 rings (SSSR count). The van der Waals surface area contributed by atoms with Gasteiger partial charge in [0.25, 0.3) is 0 Å². The first kappa shape index (κ1) is 13.5. The molecule has 0 atom stereocenters. The Kier molecular flexibility index (Phi) is 3.29. The number of aryl methyl sites for hydroxylation is 1. The minimum Gasteiger partial charge on any atom is -0.465 e. The highest BCUT2D eigenvalue weighted by Crippen LogP contribution is 2.30. The lowest BCUT2D eigenvalue weighted by Crippen LogP contribution is -2.09. The summed E-state index contributed by atoms with van der Waals surface area (Å²) >= 11 is 3.43. The third-order valence-electron chi connectivity index (χ3n) is 2.85. The van der Waals surface area contributed by atoms with Crippen LogP contribution in [0.1, 0.15) is 6.92 Å². The number of nitrogens with one attached hydrogen (secondary N) is 1. The van der Waals surface area contributed by atoms with Gasteiger partial charge < -0.3 is 9.67 Å². The molecule has 0 unspecified atom stereocenters. The third kappa shape index (κ3) is 2.23. The molecule has 2 N–H and O–H groups in total. The topological polar surface area (TPSA) is 119 Å². The van der Waals surface area contributed by atoms with Gasteiger partial charge >= 0.3 is 6.09 Å². The van der Waals surface area contributed by atoms with Crippen LogP contribution in [0.5, 0.6) is 0 Å². The van der Waals surface area contributed by atoms with E-state index in [4.69, 9.17) is 5.11 Å². The summed E-state index contributed by atoms with van der Waals surface area (Å²) < 4.78 is 7.27. The lowest BCUT2D eigenvalue weighted by atomic mass is 10.4. The Balaban J connectivity index is 2.24. The van der Waals surface area contributed by atoms with Crippen molar-refractivity contribution in [1.82, 2.24) is 24.8 Å². The molecule has 0 saturated heterocycles. The van der Waals surface area contributed by atoms with Crippen molar-refractivity contribution < 1.29 is 14.5 Å². The van der Waals surface area contributed by atoms with Gasteiger partial charge in [-0.1, -0.05) is 0 Å². The van der Waals surface area contributed by atoms with Crippen molar-refractivity contribution in [2.24, 2.45) is 0 Å². The lowest BCUT2D eigenvalue weighted by Gasteiger charge is -2.05. The molecule has 0 spiro atoms. The Labute approximate surface area is 126 Å². The fraction of sp³-hybridized carbons (Fsp3) is 0.182. The number of nitrogens with zero attached hydrogens (tertiary/aromatic N) is 5. The van der Waals surface area contributed by atoms with Gasteiger partial charge in [0, 0.05) is 12.7 Å². The zero-order valence-corrected chi connectivity index (χ0v) is 12.3. The second-order valence-corrected chi connectivity index (χ2v) is 4.91. The van der Waals surface area contributed by atoms with Gasteiger partial charge in [-0.05, 0) is 33.2 Å². The van der Waals surface area contributed by atoms with E-state index in [-0.39, 0.29) is 11.5 Å². The number of carbonyl (C=O) groups is 1. The molecular weight excluding hydrogens is 344 g/mol. The van der Waals surface area contributed by atoms with E-state index < -0.39 is 6.09 Å². The summed E-state index contributed by atoms with van der Waals surface area (Å²) in [5, 5.41) is 18.2. The zero-order valence-electron chi connectivity index (χ0n) is 10.7. The highest BCUT2D eigenvalue weighted by molar-refractivity contribution is 9.10. The molecule has 0 saturated carbocycles. The highest BCUT2D eigenvalue weighted by atomic mass is 79.9. The zero-order chi connectivity index (χ0) is 15.0. The summed E-state index contributed by atoms with van der Waals surface area (Å²) in [6.07, 6.45) is 2.03. The fourth-order valence-corrected chi connectivity index (χ4v) is 2.59. The Morgan fingerprint density at radius 1 is 1.48 bits per heavy atom. The van der Waals surface area contributed by atoms with Crippen LogP contribution in [0.4, 0.5) is 10.6 Å². The van der Waals surface area contributed by atoms with Crippen LogP contribution in [0.25, 0.3) is 22.6 Å². The van der Waals surface area contributed by atoms with Crippen LogP contribution in [-0.2, 0) is 6.54 Å². The molecule has 0 aromatic carbocycles. The van der Waals surface area contributed by atoms with Crippen LogP contribution in [-0.4, -0.2) is 36.0 Å². The summed E-state index contributed by atoms with van der Waals surface area (Å²) in [5.74, 6) is 0.447. The maximum Gasteiger partial charge on any atom is 0.410 e. The smallest absolute Gasteiger partial charge is 0.410 e. The molecule has 1 amide bonds. The molecule has 3 aromatic heterocycles. The van der Waals surface area contributed by atoms with E-state index >= 15 is 0 Å². The predicted octanol–water partition coefficient (Wildman–Crippen LogP) is 2.35. The van der Waals surface area contributed by atoms with Crippen LogP contribution >= 0.6 is 15.9 Å². The number of amides is 1. The van der Waals surface area contributed by atoms with Gasteiger partial charge in [-0.3, -0.25) is 10.3 Å². The molecule has 0 aliphatic carbocycles. The Bertz CT molecular complexity index is 827. The standard InChI is InChI=1S/C11H9BrN6O3/c1-2-18-8-5(12)3-13-4-6(8)14-10(18)7-9(15-11(19)20)17-21-16-7/h3-4H,2H2,1H3,(H,15,17)(H,19,20). The van der Waals surface area contributed by atoms with Gasteiger partial charge in [-0.2, -0.15) is 0 Å². The number of halogens is 1. The SMILES string of the molecule is CCn1c(-c2nonc2NC(=O)O)nc2cncc(Br)c21. The number of pyridine rings is 1. The maximum absolute atomic E-state index is 10.8. The molecular formula is C11H9BrN6O3. The second-order valence-electron chi connectivity index (χ2n) is 4.06. The van der Waals surface area contributed by atoms with E-state index in [1.165, 1.54) is 0 Å². The fourth-order valence-electron chi connectivity index (χ4n) is 2.05. The van der Waals surface area contributed by atoms with E-state index in [2.05, 4.69) is 46.2 Å². The summed E-state index contributed by atoms with van der Waals surface area (Å²) in [5.41, 5.74) is 1.72. The van der Waals surface area contributed by atoms with E-state index in [0.29, 0.717) is 17.9 Å². The van der Waals surface area contributed by atoms with Gasteiger partial charge in [0.05, 0.1) is 16.2 Å². The summed E-state index contributed by atoms with van der Waals surface area (Å²) in [6, 6.07) is 0. The molecule has 10 heteroatoms. The van der Waals surface area contributed by atoms with Crippen LogP contribution in [0.2, 0.25) is 0 Å². The summed E-state index contributed by atoms with van der Waals surface area (Å²) in [4.78, 5) is 19.3. The summed E-state index contributed by atoms with van der Waals surface area (Å²) in [6.45, 7) is 2.54. The first-order valence-corrected chi connectivity index (χ1v) is 6.73. The van der Waals surface area contributed by atoms with Crippen LogP contribution in [0, 0.1) is 0 Å². The van der Waals surface area contributed by atoms with Crippen LogP contribution in [0.15, 0.2) is 21.5 Å². The molecule has 0 fully saturated rings. The highest BCUT2D eigenvalue weighted by Gasteiger charge is 2.22. The number of aromatic nitrogens is 5. The Morgan fingerprint density at radius 2 is 2.29 bits per heavy atom. The summed E-state index contributed by atoms with van der Waals surface area (Å²) in [7, 11) is 0. The number of imidazole rings is 1. The average molecular weight is 353 g/mol. The number of hydrogen-bond donors (Lipinski definition) is 2. The van der Waals surface area contributed by atoms with Gasteiger partial charge in [0.15, 0.2) is 11.5 Å². The molecule has 0 radical (unpaired) electrons. The van der Waals surface area contributed by atoms with Gasteiger partial charge in [-0.25, -0.2) is 14.4 Å².